The molecule has 6 nitrogen and oxygen atoms in total. The molecule has 0 bridgehead atoms. The van der Waals surface area contributed by atoms with Crippen molar-refractivity contribution in [2.24, 2.45) is 10.5 Å². The van der Waals surface area contributed by atoms with Gasteiger partial charge in [0.1, 0.15) is 5.41 Å². The van der Waals surface area contributed by atoms with Crippen molar-refractivity contribution in [1.82, 2.24) is 5.01 Å². The second-order valence-corrected chi connectivity index (χ2v) is 7.06. The van der Waals surface area contributed by atoms with Gasteiger partial charge < -0.3 is 10.4 Å². The van der Waals surface area contributed by atoms with Gasteiger partial charge in [0, 0.05) is 11.3 Å². The number of carboxylic acids is 1. The van der Waals surface area contributed by atoms with Crippen LogP contribution in [0.25, 0.3) is 0 Å². The minimum atomic E-state index is -4.47. The molecule has 0 radical (unpaired) electrons. The fourth-order valence-electron chi connectivity index (χ4n) is 3.73. The summed E-state index contributed by atoms with van der Waals surface area (Å²) in [5.74, 6) is -1.06. The van der Waals surface area contributed by atoms with E-state index >= 15 is 0 Å². The monoisotopic (exact) mass is 403 g/mol. The van der Waals surface area contributed by atoms with Crippen molar-refractivity contribution in [3.8, 4) is 0 Å². The summed E-state index contributed by atoms with van der Waals surface area (Å²) < 4.78 is 38.0. The number of carboxylic acid groups (broad SMARTS) is 1. The summed E-state index contributed by atoms with van der Waals surface area (Å²) in [5, 5.41) is 17.7. The Kier molecular flexibility index (Phi) is 4.33. The van der Waals surface area contributed by atoms with Crippen molar-refractivity contribution in [2.75, 3.05) is 11.9 Å². The smallest absolute Gasteiger partial charge is 0.416 e. The lowest BCUT2D eigenvalue weighted by molar-refractivity contribution is -0.145. The van der Waals surface area contributed by atoms with Gasteiger partial charge in [-0.15, -0.1) is 0 Å². The molecule has 2 N–H and O–H groups in total. The number of nitrogens with zero attached hydrogens (tertiary/aromatic N) is 2. The molecule has 4 rings (SSSR count). The highest BCUT2D eigenvalue weighted by Crippen LogP contribution is 2.41. The fourth-order valence-corrected chi connectivity index (χ4v) is 3.73. The van der Waals surface area contributed by atoms with E-state index in [-0.39, 0.29) is 12.2 Å². The van der Waals surface area contributed by atoms with Gasteiger partial charge >= 0.3 is 18.2 Å². The number of carbonyl (C=O) groups excluding carboxylic acids is 1. The fraction of sp³-hybridized carbons (Fsp3) is 0.250. The number of amides is 2. The second-order valence-electron chi connectivity index (χ2n) is 7.06. The molecule has 1 aliphatic heterocycles. The number of carbonyl (C=O) groups is 2. The van der Waals surface area contributed by atoms with Crippen LogP contribution in [-0.2, 0) is 17.4 Å². The SMILES string of the molecule is O=C(Nc1ccc(C(F)(F)F)cc1)N1CC2(C(=O)O)CCc3ccccc3C2=N1. The van der Waals surface area contributed by atoms with E-state index in [1.54, 1.807) is 12.1 Å². The number of nitrogens with one attached hydrogen (secondary N) is 1. The van der Waals surface area contributed by atoms with Crippen LogP contribution in [0.4, 0.5) is 23.7 Å². The first-order chi connectivity index (χ1) is 13.7. The van der Waals surface area contributed by atoms with Crippen molar-refractivity contribution in [3.63, 3.8) is 0 Å². The highest BCUT2D eigenvalue weighted by Gasteiger charge is 2.53. The third-order valence-corrected chi connectivity index (χ3v) is 5.29. The van der Waals surface area contributed by atoms with E-state index < -0.39 is 29.2 Å². The number of urea groups is 1. The highest BCUT2D eigenvalue weighted by atomic mass is 19.4. The zero-order valence-corrected chi connectivity index (χ0v) is 15.0. The van der Waals surface area contributed by atoms with Crippen LogP contribution in [-0.4, -0.2) is 34.4 Å². The third kappa shape index (κ3) is 3.22. The van der Waals surface area contributed by atoms with Gasteiger partial charge in [0.25, 0.3) is 0 Å². The van der Waals surface area contributed by atoms with Crippen LogP contribution < -0.4 is 5.32 Å². The molecule has 0 saturated heterocycles. The van der Waals surface area contributed by atoms with Gasteiger partial charge in [-0.2, -0.15) is 18.3 Å². The predicted octanol–water partition coefficient (Wildman–Crippen LogP) is 3.97. The zero-order valence-electron chi connectivity index (χ0n) is 15.0. The number of rotatable bonds is 2. The number of hydrogen-bond donors (Lipinski definition) is 2. The van der Waals surface area contributed by atoms with Gasteiger partial charge in [-0.05, 0) is 42.7 Å². The summed E-state index contributed by atoms with van der Waals surface area (Å²) in [6.07, 6.45) is -3.61. The second kappa shape index (κ2) is 6.61. The predicted molar refractivity (Wildman–Crippen MR) is 98.5 cm³/mol. The number of aryl methyl sites for hydroxylation is 1. The number of alkyl halides is 3. The molecule has 29 heavy (non-hydrogen) atoms. The van der Waals surface area contributed by atoms with E-state index in [4.69, 9.17) is 0 Å². The number of hydrazone groups is 1. The number of anilines is 1. The van der Waals surface area contributed by atoms with Crippen molar-refractivity contribution in [3.05, 3.63) is 65.2 Å². The summed E-state index contributed by atoms with van der Waals surface area (Å²) in [6, 6.07) is 10.6. The maximum Gasteiger partial charge on any atom is 0.416 e. The highest BCUT2D eigenvalue weighted by molar-refractivity contribution is 6.18. The van der Waals surface area contributed by atoms with E-state index in [2.05, 4.69) is 10.4 Å². The van der Waals surface area contributed by atoms with Crippen LogP contribution in [0, 0.1) is 5.41 Å². The Hall–Kier alpha value is -3.36. The van der Waals surface area contributed by atoms with Crippen LogP contribution in [0.15, 0.2) is 53.6 Å². The van der Waals surface area contributed by atoms with Crippen LogP contribution >= 0.6 is 0 Å². The van der Waals surface area contributed by atoms with Crippen LogP contribution in [0.2, 0.25) is 0 Å². The average Bonchev–Trinajstić information content (AvgIpc) is 3.10. The Bertz CT molecular complexity index is 1020. The minimum absolute atomic E-state index is 0.140. The molecule has 1 heterocycles. The molecular formula is C20H16F3N3O3. The molecule has 9 heteroatoms. The molecule has 150 valence electrons. The van der Waals surface area contributed by atoms with E-state index in [1.807, 2.05) is 12.1 Å². The van der Waals surface area contributed by atoms with Gasteiger partial charge in [-0.1, -0.05) is 24.3 Å². The third-order valence-electron chi connectivity index (χ3n) is 5.29. The van der Waals surface area contributed by atoms with Crippen molar-refractivity contribution in [1.29, 1.82) is 0 Å². The molecule has 1 aliphatic carbocycles. The molecular weight excluding hydrogens is 387 g/mol. The topological polar surface area (TPSA) is 82.0 Å². The van der Waals surface area contributed by atoms with Crippen molar-refractivity contribution < 1.29 is 27.9 Å². The number of benzene rings is 2. The lowest BCUT2D eigenvalue weighted by atomic mass is 9.70. The van der Waals surface area contributed by atoms with Crippen LogP contribution in [0.5, 0.6) is 0 Å². The first kappa shape index (κ1) is 19.0. The molecule has 2 aliphatic rings. The number of aliphatic carboxylic acids is 1. The quantitative estimate of drug-likeness (QED) is 0.796. The molecule has 2 aromatic rings. The number of halogens is 3. The Labute approximate surface area is 163 Å². The lowest BCUT2D eigenvalue weighted by Gasteiger charge is -2.31. The number of fused-ring (bicyclic) bond motifs is 3. The minimum Gasteiger partial charge on any atom is -0.480 e. The Morgan fingerprint density at radius 2 is 1.79 bits per heavy atom. The van der Waals surface area contributed by atoms with Gasteiger partial charge in [-0.3, -0.25) is 4.79 Å². The Morgan fingerprint density at radius 3 is 2.45 bits per heavy atom. The average molecular weight is 403 g/mol. The van der Waals surface area contributed by atoms with E-state index in [9.17, 15) is 27.9 Å². The summed E-state index contributed by atoms with van der Waals surface area (Å²) in [5.41, 5.74) is 0.0204. The Morgan fingerprint density at radius 1 is 1.10 bits per heavy atom. The van der Waals surface area contributed by atoms with E-state index in [0.717, 1.165) is 34.8 Å². The maximum absolute atomic E-state index is 12.7. The molecule has 2 aromatic carbocycles. The maximum atomic E-state index is 12.7. The molecule has 0 aromatic heterocycles. The van der Waals surface area contributed by atoms with Gasteiger partial charge in [-0.25, -0.2) is 9.80 Å². The molecule has 0 spiro atoms. The summed E-state index contributed by atoms with van der Waals surface area (Å²) in [4.78, 5) is 24.7. The standard InChI is InChI=1S/C20H16F3N3O3/c21-20(22,23)13-5-7-14(8-6-13)24-18(29)26-11-19(17(27)28)10-9-12-3-1-2-4-15(12)16(19)25-26/h1-8H,9-11H2,(H,24,29)(H,27,28). The van der Waals surface area contributed by atoms with Gasteiger partial charge in [0.05, 0.1) is 17.8 Å². The molecule has 0 fully saturated rings. The summed E-state index contributed by atoms with van der Waals surface area (Å²) in [6.45, 7) is -0.140. The van der Waals surface area contributed by atoms with Crippen molar-refractivity contribution >= 4 is 23.4 Å². The molecule has 0 saturated carbocycles. The normalized spacial score (nSPS) is 20.5. The van der Waals surface area contributed by atoms with Crippen LogP contribution in [0.1, 0.15) is 23.1 Å². The molecule has 1 unspecified atom stereocenters. The summed E-state index contributed by atoms with van der Waals surface area (Å²) >= 11 is 0. The van der Waals surface area contributed by atoms with Crippen LogP contribution in [0.3, 0.4) is 0 Å². The zero-order chi connectivity index (χ0) is 20.8. The van der Waals surface area contributed by atoms with E-state index in [1.165, 1.54) is 0 Å². The van der Waals surface area contributed by atoms with Gasteiger partial charge in [0.15, 0.2) is 0 Å². The summed E-state index contributed by atoms with van der Waals surface area (Å²) in [7, 11) is 0. The first-order valence-corrected chi connectivity index (χ1v) is 8.87. The van der Waals surface area contributed by atoms with E-state index in [0.29, 0.717) is 24.1 Å². The lowest BCUT2D eigenvalue weighted by Crippen LogP contribution is -2.46. The first-order valence-electron chi connectivity index (χ1n) is 8.87. The largest absolute Gasteiger partial charge is 0.480 e. The van der Waals surface area contributed by atoms with Crippen molar-refractivity contribution in [2.45, 2.75) is 19.0 Å². The molecule has 2 amide bonds. The number of hydrogen-bond acceptors (Lipinski definition) is 3. The Balaban J connectivity index is 1.59. The molecule has 1 atom stereocenters. The van der Waals surface area contributed by atoms with Gasteiger partial charge in [0.2, 0.25) is 0 Å².